The third-order valence-electron chi connectivity index (χ3n) is 21.2. The van der Waals surface area contributed by atoms with E-state index in [1.54, 1.807) is 0 Å². The number of anilines is 6. The summed E-state index contributed by atoms with van der Waals surface area (Å²) in [6.45, 7) is 0. The molecule has 0 radical (unpaired) electrons. The van der Waals surface area contributed by atoms with Gasteiger partial charge in [-0.3, -0.25) is 0 Å². The summed E-state index contributed by atoms with van der Waals surface area (Å²) in [5.74, 6) is 0. The van der Waals surface area contributed by atoms with Crippen LogP contribution in [0.4, 0.5) is 34.1 Å². The highest BCUT2D eigenvalue weighted by atomic mass is 15.2. The lowest BCUT2D eigenvalue weighted by Gasteiger charge is -2.46. The molecule has 442 valence electrons. The van der Waals surface area contributed by atoms with Crippen molar-refractivity contribution in [2.75, 3.05) is 9.80 Å². The van der Waals surface area contributed by atoms with Crippen molar-refractivity contribution in [1.82, 2.24) is 4.57 Å². The third-order valence-corrected chi connectivity index (χ3v) is 21.2. The molecular weight excluding hydrogens is 1150 g/mol. The molecule has 3 heterocycles. The molecule has 0 amide bonds. The van der Waals surface area contributed by atoms with Crippen LogP contribution >= 0.6 is 0 Å². The quantitative estimate of drug-likeness (QED) is 0.147. The number of hydrogen-bond donors (Lipinski definition) is 0. The molecule has 2 aliphatic heterocycles. The molecule has 0 saturated carbocycles. The SMILES string of the molecule is c1ccc(-n2c3cc4c(cc3c3cc5c6ccccc6c6ccccc6c5cc32)C(c2ccccc2)(c2ccccc2)c2ccccc2N4c2ccc3c4ccc(N5c6ccccc6C(c6ccccc6)(c6ccccc6)c6ccccc65)cc4c4ccccc4c3c2)cc1. The van der Waals surface area contributed by atoms with Gasteiger partial charge in [0.2, 0.25) is 0 Å². The summed E-state index contributed by atoms with van der Waals surface area (Å²) in [5.41, 5.74) is 18.8. The highest BCUT2D eigenvalue weighted by molar-refractivity contribution is 6.30. The predicted octanol–water partition coefficient (Wildman–Crippen LogP) is 24.0. The largest absolute Gasteiger partial charge is 0.310 e. The first-order valence-electron chi connectivity index (χ1n) is 33.1. The lowest BCUT2D eigenvalue weighted by Crippen LogP contribution is -2.37. The topological polar surface area (TPSA) is 11.4 Å². The van der Waals surface area contributed by atoms with Gasteiger partial charge in [0.15, 0.2) is 0 Å². The molecule has 18 aromatic rings. The Labute approximate surface area is 550 Å². The van der Waals surface area contributed by atoms with Crippen molar-refractivity contribution in [3.63, 3.8) is 0 Å². The van der Waals surface area contributed by atoms with Crippen LogP contribution in [0.2, 0.25) is 0 Å². The van der Waals surface area contributed by atoms with E-state index >= 15 is 0 Å². The Morgan fingerprint density at radius 3 is 0.884 bits per heavy atom. The van der Waals surface area contributed by atoms with E-state index in [9.17, 15) is 0 Å². The maximum Gasteiger partial charge on any atom is 0.0742 e. The molecule has 0 atom stereocenters. The monoisotopic (exact) mass is 1210 g/mol. The Bertz CT molecular complexity index is 6010. The van der Waals surface area contributed by atoms with E-state index in [1.807, 2.05) is 0 Å². The average molecular weight is 1210 g/mol. The molecular formula is C92H59N3. The standard InChI is InChI=1S/C92H59N3/c1-6-28-60(29-7-1)91(61-30-8-2-9-31-61)81-44-22-25-47-85(81)94(86-48-26-23-45-82(86)91)65-50-52-73-74-53-51-66(55-76(74)72-43-21-20-42-71(72)75(73)54-65)95-87-49-27-24-46-83(87)92(62-32-10-3-11-33-62,63-34-12-4-13-35-63)84-57-80-79-56-77-69-40-18-16-38-67(69)68-39-17-19-41-70(68)78(77)58-88(79)93(89(80)59-90(84)95)64-36-14-5-15-37-64/h1-59H. The van der Waals surface area contributed by atoms with Gasteiger partial charge in [0.1, 0.15) is 0 Å². The van der Waals surface area contributed by atoms with E-state index in [1.165, 1.54) is 125 Å². The van der Waals surface area contributed by atoms with Gasteiger partial charge in [-0.15, -0.1) is 0 Å². The van der Waals surface area contributed by atoms with E-state index < -0.39 is 10.8 Å². The van der Waals surface area contributed by atoms with Crippen molar-refractivity contribution in [3.05, 3.63) is 402 Å². The van der Waals surface area contributed by atoms with Crippen molar-refractivity contribution in [2.24, 2.45) is 0 Å². The van der Waals surface area contributed by atoms with Crippen LogP contribution in [-0.4, -0.2) is 4.57 Å². The summed E-state index contributed by atoms with van der Waals surface area (Å²) in [7, 11) is 0. The molecule has 1 aromatic heterocycles. The number of para-hydroxylation sites is 4. The van der Waals surface area contributed by atoms with Gasteiger partial charge < -0.3 is 14.4 Å². The lowest BCUT2D eigenvalue weighted by atomic mass is 9.62. The Balaban J connectivity index is 0.841. The van der Waals surface area contributed by atoms with Crippen LogP contribution in [-0.2, 0) is 10.8 Å². The Hall–Kier alpha value is -12.3. The van der Waals surface area contributed by atoms with Crippen molar-refractivity contribution in [1.29, 1.82) is 0 Å². The summed E-state index contributed by atoms with van der Waals surface area (Å²) >= 11 is 0. The van der Waals surface area contributed by atoms with Gasteiger partial charge in [-0.25, -0.2) is 0 Å². The first kappa shape index (κ1) is 53.4. The van der Waals surface area contributed by atoms with E-state index in [-0.39, 0.29) is 0 Å². The Kier molecular flexibility index (Phi) is 11.6. The summed E-state index contributed by atoms with van der Waals surface area (Å²) in [6, 6.07) is 135. The minimum absolute atomic E-state index is 0.559. The maximum atomic E-state index is 2.58. The molecule has 0 spiro atoms. The van der Waals surface area contributed by atoms with Crippen LogP contribution in [0.15, 0.2) is 358 Å². The van der Waals surface area contributed by atoms with Crippen molar-refractivity contribution in [2.45, 2.75) is 10.8 Å². The predicted molar refractivity (Wildman–Crippen MR) is 399 cm³/mol. The first-order valence-corrected chi connectivity index (χ1v) is 33.1. The Morgan fingerprint density at radius 1 is 0.168 bits per heavy atom. The normalized spacial score (nSPS) is 13.8. The van der Waals surface area contributed by atoms with E-state index in [2.05, 4.69) is 372 Å². The zero-order valence-corrected chi connectivity index (χ0v) is 51.9. The van der Waals surface area contributed by atoms with Crippen LogP contribution < -0.4 is 9.80 Å². The fourth-order valence-corrected chi connectivity index (χ4v) is 17.4. The van der Waals surface area contributed by atoms with Crippen LogP contribution in [0.25, 0.3) is 92.1 Å². The maximum absolute atomic E-state index is 2.58. The number of benzene rings is 17. The average Bonchev–Trinajstić information content (AvgIpc) is 1.56. The highest BCUT2D eigenvalue weighted by Crippen LogP contribution is 2.61. The van der Waals surface area contributed by atoms with Crippen molar-refractivity contribution < 1.29 is 0 Å². The number of fused-ring (bicyclic) bond motifs is 19. The van der Waals surface area contributed by atoms with Crippen molar-refractivity contribution in [3.8, 4) is 5.69 Å². The molecule has 17 aromatic carbocycles. The smallest absolute Gasteiger partial charge is 0.0742 e. The highest BCUT2D eigenvalue weighted by Gasteiger charge is 2.48. The van der Waals surface area contributed by atoms with Gasteiger partial charge >= 0.3 is 0 Å². The van der Waals surface area contributed by atoms with Gasteiger partial charge in [-0.1, -0.05) is 279 Å². The summed E-state index contributed by atoms with van der Waals surface area (Å²) in [6.07, 6.45) is 0. The molecule has 95 heavy (non-hydrogen) atoms. The molecule has 0 saturated heterocycles. The van der Waals surface area contributed by atoms with Gasteiger partial charge in [0.05, 0.1) is 44.6 Å². The number of hydrogen-bond acceptors (Lipinski definition) is 2. The number of rotatable bonds is 7. The van der Waals surface area contributed by atoms with Crippen LogP contribution in [0.1, 0.15) is 44.5 Å². The number of aromatic nitrogens is 1. The second-order valence-corrected chi connectivity index (χ2v) is 25.8. The van der Waals surface area contributed by atoms with E-state index in [4.69, 9.17) is 0 Å². The first-order chi connectivity index (χ1) is 47.2. The molecule has 0 bridgehead atoms. The second kappa shape index (κ2) is 20.6. The Morgan fingerprint density at radius 2 is 0.463 bits per heavy atom. The van der Waals surface area contributed by atoms with Gasteiger partial charge in [0.25, 0.3) is 0 Å². The summed E-state index contributed by atoms with van der Waals surface area (Å²) in [5, 5.41) is 17.2. The zero-order chi connectivity index (χ0) is 62.3. The molecule has 20 rings (SSSR count). The number of nitrogens with zero attached hydrogens (tertiary/aromatic N) is 3. The van der Waals surface area contributed by atoms with Crippen LogP contribution in [0, 0.1) is 0 Å². The fourth-order valence-electron chi connectivity index (χ4n) is 17.4. The fraction of sp³-hybridized carbons (Fsp3) is 0.0217. The summed E-state index contributed by atoms with van der Waals surface area (Å²) < 4.78 is 2.53. The third kappa shape index (κ3) is 7.46. The molecule has 3 heteroatoms. The minimum Gasteiger partial charge on any atom is -0.310 e. The lowest BCUT2D eigenvalue weighted by molar-refractivity contribution is 0.731. The van der Waals surface area contributed by atoms with E-state index in [0.717, 1.165) is 45.3 Å². The molecule has 0 fully saturated rings. The van der Waals surface area contributed by atoms with Gasteiger partial charge in [0, 0.05) is 27.8 Å². The molecule has 3 nitrogen and oxygen atoms in total. The van der Waals surface area contributed by atoms with Crippen LogP contribution in [0.3, 0.4) is 0 Å². The van der Waals surface area contributed by atoms with Gasteiger partial charge in [-0.2, -0.15) is 0 Å². The van der Waals surface area contributed by atoms with Crippen LogP contribution in [0.5, 0.6) is 0 Å². The summed E-state index contributed by atoms with van der Waals surface area (Å²) in [4.78, 5) is 5.09. The molecule has 0 N–H and O–H groups in total. The van der Waals surface area contributed by atoms with E-state index in [0.29, 0.717) is 0 Å². The minimum atomic E-state index is -0.725. The molecule has 0 aliphatic carbocycles. The zero-order valence-electron chi connectivity index (χ0n) is 51.9. The van der Waals surface area contributed by atoms with Gasteiger partial charge in [-0.05, 0) is 188 Å². The molecule has 0 unspecified atom stereocenters. The second-order valence-electron chi connectivity index (χ2n) is 25.8. The van der Waals surface area contributed by atoms with Crippen molar-refractivity contribution >= 4 is 121 Å². The molecule has 2 aliphatic rings.